The molecule has 1 aromatic carbocycles. The predicted octanol–water partition coefficient (Wildman–Crippen LogP) is 3.30. The monoisotopic (exact) mass is 235 g/mol. The molecule has 0 aromatic heterocycles. The zero-order valence-electron chi connectivity index (χ0n) is 10.8. The quantitative estimate of drug-likeness (QED) is 0.783. The van der Waals surface area contributed by atoms with Crippen LogP contribution in [0.3, 0.4) is 0 Å². The first kappa shape index (κ1) is 13.6. The van der Waals surface area contributed by atoms with Crippen molar-refractivity contribution in [2.75, 3.05) is 13.2 Å². The maximum atomic E-state index is 11.8. The summed E-state index contributed by atoms with van der Waals surface area (Å²) in [5, 5.41) is 0. The van der Waals surface area contributed by atoms with E-state index in [1.807, 2.05) is 37.3 Å². The number of ether oxygens (including phenoxy) is 1. The van der Waals surface area contributed by atoms with Crippen molar-refractivity contribution < 1.29 is 9.53 Å². The fourth-order valence-electron chi connectivity index (χ4n) is 1.66. The van der Waals surface area contributed by atoms with Crippen molar-refractivity contribution >= 4 is 6.09 Å². The lowest BCUT2D eigenvalue weighted by Gasteiger charge is -2.23. The maximum Gasteiger partial charge on any atom is 0.410 e. The molecule has 0 aliphatic rings. The number of rotatable bonds is 5. The first-order valence-electron chi connectivity index (χ1n) is 6.09. The zero-order valence-corrected chi connectivity index (χ0v) is 10.8. The Bertz CT molecular complexity index is 335. The van der Waals surface area contributed by atoms with Gasteiger partial charge in [0.05, 0.1) is 6.61 Å². The lowest BCUT2D eigenvalue weighted by Crippen LogP contribution is -2.34. The largest absolute Gasteiger partial charge is 0.450 e. The molecule has 3 heteroatoms. The second kappa shape index (κ2) is 6.94. The number of benzene rings is 1. The van der Waals surface area contributed by atoms with Gasteiger partial charge in [-0.05, 0) is 18.4 Å². The summed E-state index contributed by atoms with van der Waals surface area (Å²) in [6, 6.07) is 9.97. The summed E-state index contributed by atoms with van der Waals surface area (Å²) < 4.78 is 5.06. The molecule has 0 heterocycles. The van der Waals surface area contributed by atoms with Crippen LogP contribution >= 0.6 is 0 Å². The van der Waals surface area contributed by atoms with E-state index in [4.69, 9.17) is 4.74 Å². The highest BCUT2D eigenvalue weighted by Gasteiger charge is 2.15. The molecule has 17 heavy (non-hydrogen) atoms. The highest BCUT2D eigenvalue weighted by Crippen LogP contribution is 2.08. The van der Waals surface area contributed by atoms with E-state index in [2.05, 4.69) is 13.8 Å². The third-order valence-corrected chi connectivity index (χ3v) is 2.33. The Balaban J connectivity index is 2.66. The van der Waals surface area contributed by atoms with Crippen molar-refractivity contribution in [3.05, 3.63) is 35.9 Å². The van der Waals surface area contributed by atoms with Gasteiger partial charge in [0.1, 0.15) is 0 Å². The minimum atomic E-state index is -0.231. The summed E-state index contributed by atoms with van der Waals surface area (Å²) in [5.41, 5.74) is 1.13. The normalized spacial score (nSPS) is 10.4. The molecule has 0 bridgehead atoms. The number of nitrogens with zero attached hydrogens (tertiary/aromatic N) is 1. The third kappa shape index (κ3) is 4.89. The number of hydrogen-bond donors (Lipinski definition) is 0. The molecule has 0 saturated carbocycles. The van der Waals surface area contributed by atoms with Crippen molar-refractivity contribution in [3.63, 3.8) is 0 Å². The molecule has 0 N–H and O–H groups in total. The Labute approximate surface area is 103 Å². The van der Waals surface area contributed by atoms with Crippen molar-refractivity contribution in [2.45, 2.75) is 27.3 Å². The molecule has 0 radical (unpaired) electrons. The van der Waals surface area contributed by atoms with Crippen LogP contribution in [0.15, 0.2) is 30.3 Å². The number of carbonyl (C=O) groups excluding carboxylic acids is 1. The van der Waals surface area contributed by atoms with Crippen LogP contribution < -0.4 is 0 Å². The molecule has 1 rings (SSSR count). The van der Waals surface area contributed by atoms with Gasteiger partial charge in [-0.15, -0.1) is 0 Å². The highest BCUT2D eigenvalue weighted by atomic mass is 16.6. The minimum Gasteiger partial charge on any atom is -0.450 e. The van der Waals surface area contributed by atoms with E-state index >= 15 is 0 Å². The standard InChI is InChI=1S/C14H21NO2/c1-4-17-14(16)15(10-12(2)3)11-13-8-6-5-7-9-13/h5-9,12H,4,10-11H2,1-3H3. The minimum absolute atomic E-state index is 0.231. The number of carbonyl (C=O) groups is 1. The summed E-state index contributed by atoms with van der Waals surface area (Å²) in [5.74, 6) is 0.433. The topological polar surface area (TPSA) is 29.5 Å². The van der Waals surface area contributed by atoms with Crippen LogP contribution in [0.2, 0.25) is 0 Å². The second-order valence-corrected chi connectivity index (χ2v) is 4.46. The van der Waals surface area contributed by atoms with Gasteiger partial charge >= 0.3 is 6.09 Å². The number of hydrogen-bond acceptors (Lipinski definition) is 2. The molecule has 0 unspecified atom stereocenters. The second-order valence-electron chi connectivity index (χ2n) is 4.46. The SMILES string of the molecule is CCOC(=O)N(Cc1ccccc1)CC(C)C. The summed E-state index contributed by atoms with van der Waals surface area (Å²) in [6.45, 7) is 7.76. The first-order valence-corrected chi connectivity index (χ1v) is 6.09. The van der Waals surface area contributed by atoms with Crippen LogP contribution in [0, 0.1) is 5.92 Å². The van der Waals surface area contributed by atoms with Gasteiger partial charge in [-0.2, -0.15) is 0 Å². The summed E-state index contributed by atoms with van der Waals surface area (Å²) in [4.78, 5) is 13.5. The average molecular weight is 235 g/mol. The third-order valence-electron chi connectivity index (χ3n) is 2.33. The molecule has 0 fully saturated rings. The van der Waals surface area contributed by atoms with Gasteiger partial charge in [-0.3, -0.25) is 0 Å². The first-order chi connectivity index (χ1) is 8.13. The summed E-state index contributed by atoms with van der Waals surface area (Å²) in [6.07, 6.45) is -0.231. The van der Waals surface area contributed by atoms with E-state index in [-0.39, 0.29) is 6.09 Å². The van der Waals surface area contributed by atoms with Gasteiger partial charge in [0.2, 0.25) is 0 Å². The molecule has 0 aliphatic carbocycles. The Morgan fingerprint density at radius 3 is 2.47 bits per heavy atom. The van der Waals surface area contributed by atoms with E-state index in [1.54, 1.807) is 4.90 Å². The van der Waals surface area contributed by atoms with Crippen LogP contribution in [0.25, 0.3) is 0 Å². The molecule has 0 aliphatic heterocycles. The Kier molecular flexibility index (Phi) is 5.53. The fraction of sp³-hybridized carbons (Fsp3) is 0.500. The van der Waals surface area contributed by atoms with Gasteiger partial charge in [-0.1, -0.05) is 44.2 Å². The highest BCUT2D eigenvalue weighted by molar-refractivity contribution is 5.67. The molecular formula is C14H21NO2. The van der Waals surface area contributed by atoms with Gasteiger partial charge < -0.3 is 9.64 Å². The molecule has 3 nitrogen and oxygen atoms in total. The van der Waals surface area contributed by atoms with Crippen molar-refractivity contribution in [3.8, 4) is 0 Å². The molecular weight excluding hydrogens is 214 g/mol. The van der Waals surface area contributed by atoms with E-state index in [9.17, 15) is 4.79 Å². The molecule has 1 aromatic rings. The van der Waals surface area contributed by atoms with Crippen LogP contribution in [-0.4, -0.2) is 24.1 Å². The van der Waals surface area contributed by atoms with Crippen LogP contribution in [0.5, 0.6) is 0 Å². The summed E-state index contributed by atoms with van der Waals surface area (Å²) >= 11 is 0. The van der Waals surface area contributed by atoms with Crippen molar-refractivity contribution in [1.82, 2.24) is 4.90 Å². The molecule has 0 saturated heterocycles. The maximum absolute atomic E-state index is 11.8. The van der Waals surface area contributed by atoms with Crippen LogP contribution in [0.1, 0.15) is 26.3 Å². The fourth-order valence-corrected chi connectivity index (χ4v) is 1.66. The lowest BCUT2D eigenvalue weighted by molar-refractivity contribution is 0.0997. The summed E-state index contributed by atoms with van der Waals surface area (Å²) in [7, 11) is 0. The van der Waals surface area contributed by atoms with Gasteiger partial charge in [-0.25, -0.2) is 4.79 Å². The molecule has 0 spiro atoms. The van der Waals surface area contributed by atoms with Gasteiger partial charge in [0, 0.05) is 13.1 Å². The zero-order chi connectivity index (χ0) is 12.7. The van der Waals surface area contributed by atoms with E-state index in [1.165, 1.54) is 0 Å². The lowest BCUT2D eigenvalue weighted by atomic mass is 10.1. The van der Waals surface area contributed by atoms with Gasteiger partial charge in [0.15, 0.2) is 0 Å². The number of amides is 1. The Hall–Kier alpha value is -1.51. The Morgan fingerprint density at radius 2 is 1.94 bits per heavy atom. The van der Waals surface area contributed by atoms with Crippen LogP contribution in [-0.2, 0) is 11.3 Å². The predicted molar refractivity (Wildman–Crippen MR) is 68.7 cm³/mol. The smallest absolute Gasteiger partial charge is 0.410 e. The van der Waals surface area contributed by atoms with Crippen LogP contribution in [0.4, 0.5) is 4.79 Å². The van der Waals surface area contributed by atoms with E-state index in [0.29, 0.717) is 25.6 Å². The molecule has 0 atom stereocenters. The van der Waals surface area contributed by atoms with E-state index < -0.39 is 0 Å². The Morgan fingerprint density at radius 1 is 1.29 bits per heavy atom. The average Bonchev–Trinajstić information content (AvgIpc) is 2.29. The van der Waals surface area contributed by atoms with Gasteiger partial charge in [0.25, 0.3) is 0 Å². The molecule has 94 valence electrons. The van der Waals surface area contributed by atoms with Crippen molar-refractivity contribution in [2.24, 2.45) is 5.92 Å². The van der Waals surface area contributed by atoms with E-state index in [0.717, 1.165) is 5.56 Å². The van der Waals surface area contributed by atoms with Crippen molar-refractivity contribution in [1.29, 1.82) is 0 Å². The molecule has 1 amide bonds.